The molecule has 35 heavy (non-hydrogen) atoms. The average molecular weight is 480 g/mol. The summed E-state index contributed by atoms with van der Waals surface area (Å²) in [4.78, 5) is 43.2. The summed E-state index contributed by atoms with van der Waals surface area (Å²) in [6.45, 7) is 2.02. The predicted octanol–water partition coefficient (Wildman–Crippen LogP) is -0.713. The molecule has 0 spiro atoms. The average Bonchev–Trinajstić information content (AvgIpc) is 3.46. The van der Waals surface area contributed by atoms with Gasteiger partial charge in [0.1, 0.15) is 17.5 Å². The molecule has 1 atom stereocenters. The third-order valence-corrected chi connectivity index (χ3v) is 5.53. The first kappa shape index (κ1) is 23.8. The van der Waals surface area contributed by atoms with Crippen LogP contribution in [0.15, 0.2) is 52.4 Å². The van der Waals surface area contributed by atoms with Crippen molar-refractivity contribution in [3.05, 3.63) is 92.0 Å². The van der Waals surface area contributed by atoms with Gasteiger partial charge in [0.05, 0.1) is 19.6 Å². The van der Waals surface area contributed by atoms with E-state index < -0.39 is 23.3 Å². The summed E-state index contributed by atoms with van der Waals surface area (Å²) in [5, 5.41) is 25.2. The molecular formula is C22H25N9O4. The van der Waals surface area contributed by atoms with Gasteiger partial charge < -0.3 is 15.0 Å². The standard InChI is InChI=1S/C22H25N9O4/c1-14-4-6-15(7-5-14)17(32)12-31-26-18(25-27-31)13-30-11-16(21(34)29(3)22(30)35)20(33)24-10-19-23-8-9-28(19)2/h4-9,11,17,32H,10,12-13H2,1-3H3,(H,24,33)/t17-/m0/s1. The van der Waals surface area contributed by atoms with E-state index in [0.717, 1.165) is 14.7 Å². The van der Waals surface area contributed by atoms with Gasteiger partial charge in [0, 0.05) is 32.7 Å². The fourth-order valence-electron chi connectivity index (χ4n) is 3.44. The van der Waals surface area contributed by atoms with E-state index in [1.54, 1.807) is 24.0 Å². The second kappa shape index (κ2) is 9.85. The van der Waals surface area contributed by atoms with E-state index >= 15 is 0 Å². The van der Waals surface area contributed by atoms with Gasteiger partial charge in [-0.3, -0.25) is 18.7 Å². The van der Waals surface area contributed by atoms with Gasteiger partial charge in [0.15, 0.2) is 5.82 Å². The molecule has 0 aliphatic heterocycles. The molecule has 2 N–H and O–H groups in total. The van der Waals surface area contributed by atoms with Crippen LogP contribution in [0.3, 0.4) is 0 Å². The highest BCUT2D eigenvalue weighted by atomic mass is 16.3. The molecular weight excluding hydrogens is 454 g/mol. The van der Waals surface area contributed by atoms with Crippen LogP contribution in [0, 0.1) is 6.92 Å². The van der Waals surface area contributed by atoms with Crippen LogP contribution in [0.2, 0.25) is 0 Å². The van der Waals surface area contributed by atoms with E-state index in [9.17, 15) is 19.5 Å². The first-order valence-electron chi connectivity index (χ1n) is 10.8. The Bertz CT molecular complexity index is 1460. The lowest BCUT2D eigenvalue weighted by Crippen LogP contribution is -2.43. The number of carbonyl (C=O) groups is 1. The Hall–Kier alpha value is -4.39. The zero-order valence-corrected chi connectivity index (χ0v) is 19.5. The smallest absolute Gasteiger partial charge is 0.331 e. The van der Waals surface area contributed by atoms with Gasteiger partial charge >= 0.3 is 5.69 Å². The van der Waals surface area contributed by atoms with Crippen molar-refractivity contribution in [2.75, 3.05) is 0 Å². The molecule has 4 aromatic rings. The van der Waals surface area contributed by atoms with Gasteiger partial charge in [-0.1, -0.05) is 29.8 Å². The largest absolute Gasteiger partial charge is 0.386 e. The molecule has 0 bridgehead atoms. The Kier molecular flexibility index (Phi) is 6.68. The first-order valence-corrected chi connectivity index (χ1v) is 10.8. The van der Waals surface area contributed by atoms with Gasteiger partial charge in [0.2, 0.25) is 0 Å². The number of nitrogens with one attached hydrogen (secondary N) is 1. The quantitative estimate of drug-likeness (QED) is 0.336. The minimum atomic E-state index is -0.841. The van der Waals surface area contributed by atoms with Crippen molar-refractivity contribution in [2.45, 2.75) is 32.7 Å². The maximum absolute atomic E-state index is 12.7. The number of aliphatic hydroxyl groups excluding tert-OH is 1. The third-order valence-electron chi connectivity index (χ3n) is 5.53. The number of aryl methyl sites for hydroxylation is 2. The number of amides is 1. The number of aliphatic hydroxyl groups is 1. The number of aromatic nitrogens is 8. The van der Waals surface area contributed by atoms with Crippen LogP contribution in [-0.2, 0) is 33.7 Å². The van der Waals surface area contributed by atoms with Gasteiger partial charge in [0.25, 0.3) is 11.5 Å². The molecule has 182 valence electrons. The molecule has 0 radical (unpaired) electrons. The van der Waals surface area contributed by atoms with Gasteiger partial charge in [-0.2, -0.15) is 4.80 Å². The first-order chi connectivity index (χ1) is 16.7. The molecule has 0 saturated heterocycles. The second-order valence-corrected chi connectivity index (χ2v) is 8.14. The second-order valence-electron chi connectivity index (χ2n) is 8.14. The summed E-state index contributed by atoms with van der Waals surface area (Å²) >= 11 is 0. The van der Waals surface area contributed by atoms with Crippen LogP contribution >= 0.6 is 0 Å². The minimum Gasteiger partial charge on any atom is -0.386 e. The minimum absolute atomic E-state index is 0.0685. The molecule has 3 aromatic heterocycles. The van der Waals surface area contributed by atoms with Gasteiger partial charge in [-0.25, -0.2) is 9.78 Å². The molecule has 4 rings (SSSR count). The molecule has 0 fully saturated rings. The SMILES string of the molecule is Cc1ccc([C@@H](O)Cn2nnc(Cn3cc(C(=O)NCc4nccn4C)c(=O)n(C)c3=O)n2)cc1. The Labute approximate surface area is 199 Å². The Balaban J connectivity index is 1.50. The van der Waals surface area contributed by atoms with Crippen LogP contribution < -0.4 is 16.6 Å². The lowest BCUT2D eigenvalue weighted by molar-refractivity contribution is 0.0946. The van der Waals surface area contributed by atoms with Crippen LogP contribution in [0.1, 0.15) is 39.2 Å². The highest BCUT2D eigenvalue weighted by Gasteiger charge is 2.18. The van der Waals surface area contributed by atoms with E-state index in [4.69, 9.17) is 0 Å². The summed E-state index contributed by atoms with van der Waals surface area (Å²) in [6.07, 6.45) is 3.67. The van der Waals surface area contributed by atoms with Crippen molar-refractivity contribution in [3.8, 4) is 0 Å². The molecule has 13 nitrogen and oxygen atoms in total. The number of tetrazole rings is 1. The highest BCUT2D eigenvalue weighted by molar-refractivity contribution is 5.93. The van der Waals surface area contributed by atoms with Crippen LogP contribution in [0.5, 0.6) is 0 Å². The van der Waals surface area contributed by atoms with Crippen LogP contribution in [0.25, 0.3) is 0 Å². The fraction of sp³-hybridized carbons (Fsp3) is 0.318. The Morgan fingerprint density at radius 3 is 2.60 bits per heavy atom. The molecule has 0 aliphatic rings. The lowest BCUT2D eigenvalue weighted by atomic mass is 10.1. The number of imidazole rings is 1. The fourth-order valence-corrected chi connectivity index (χ4v) is 3.44. The van der Waals surface area contributed by atoms with E-state index in [1.807, 2.05) is 31.2 Å². The van der Waals surface area contributed by atoms with Crippen molar-refractivity contribution in [3.63, 3.8) is 0 Å². The lowest BCUT2D eigenvalue weighted by Gasteiger charge is -2.10. The number of benzene rings is 1. The summed E-state index contributed by atoms with van der Waals surface area (Å²) < 4.78 is 3.75. The monoisotopic (exact) mass is 479 g/mol. The third kappa shape index (κ3) is 5.24. The van der Waals surface area contributed by atoms with E-state index in [1.165, 1.54) is 18.0 Å². The van der Waals surface area contributed by atoms with Crippen molar-refractivity contribution in [1.29, 1.82) is 0 Å². The predicted molar refractivity (Wildman–Crippen MR) is 123 cm³/mol. The van der Waals surface area contributed by atoms with Crippen molar-refractivity contribution in [1.82, 2.24) is 44.2 Å². The number of hydrogen-bond acceptors (Lipinski definition) is 8. The molecule has 0 aliphatic carbocycles. The van der Waals surface area contributed by atoms with Crippen LogP contribution in [0.4, 0.5) is 0 Å². The number of nitrogens with zero attached hydrogens (tertiary/aromatic N) is 8. The van der Waals surface area contributed by atoms with E-state index in [0.29, 0.717) is 11.4 Å². The topological polar surface area (TPSA) is 155 Å². The summed E-state index contributed by atoms with van der Waals surface area (Å²) in [7, 11) is 3.08. The summed E-state index contributed by atoms with van der Waals surface area (Å²) in [5.74, 6) is 0.151. The summed E-state index contributed by atoms with van der Waals surface area (Å²) in [5.41, 5.74) is 0.232. The van der Waals surface area contributed by atoms with Gasteiger partial charge in [-0.15, -0.1) is 10.2 Å². The molecule has 0 saturated carbocycles. The van der Waals surface area contributed by atoms with Crippen molar-refractivity contribution >= 4 is 5.91 Å². The van der Waals surface area contributed by atoms with Crippen LogP contribution in [-0.4, -0.2) is 49.9 Å². The van der Waals surface area contributed by atoms with Crippen molar-refractivity contribution < 1.29 is 9.90 Å². The number of carbonyl (C=O) groups excluding carboxylic acids is 1. The normalized spacial score (nSPS) is 12.0. The van der Waals surface area contributed by atoms with E-state index in [2.05, 4.69) is 25.7 Å². The molecule has 0 unspecified atom stereocenters. The molecule has 13 heteroatoms. The maximum atomic E-state index is 12.7. The van der Waals surface area contributed by atoms with Crippen molar-refractivity contribution in [2.24, 2.45) is 14.1 Å². The molecule has 1 aromatic carbocycles. The number of hydrogen-bond donors (Lipinski definition) is 2. The Morgan fingerprint density at radius 1 is 1.17 bits per heavy atom. The van der Waals surface area contributed by atoms with Gasteiger partial charge in [-0.05, 0) is 17.7 Å². The summed E-state index contributed by atoms with van der Waals surface area (Å²) in [6, 6.07) is 7.44. The number of rotatable bonds is 8. The molecule has 1 amide bonds. The maximum Gasteiger partial charge on any atom is 0.331 e. The highest BCUT2D eigenvalue weighted by Crippen LogP contribution is 2.14. The molecule has 3 heterocycles. The zero-order chi connectivity index (χ0) is 25.1. The van der Waals surface area contributed by atoms with E-state index in [-0.39, 0.29) is 31.0 Å². The zero-order valence-electron chi connectivity index (χ0n) is 19.5. The Morgan fingerprint density at radius 2 is 1.91 bits per heavy atom.